The summed E-state index contributed by atoms with van der Waals surface area (Å²) in [4.78, 5) is 13.4. The predicted molar refractivity (Wildman–Crippen MR) is 65.8 cm³/mol. The lowest BCUT2D eigenvalue weighted by Gasteiger charge is -2.16. The second-order valence-corrected chi connectivity index (χ2v) is 4.28. The molecule has 0 aliphatic carbocycles. The summed E-state index contributed by atoms with van der Waals surface area (Å²) >= 11 is 5.64. The van der Waals surface area contributed by atoms with Crippen molar-refractivity contribution in [2.75, 3.05) is 7.05 Å². The Morgan fingerprint density at radius 1 is 1.56 bits per heavy atom. The SMILES string of the molecule is CN(Cc1cn[nH]c1)C(=O)c1cccc(Cl)c1F. The van der Waals surface area contributed by atoms with Crippen LogP contribution in [0.1, 0.15) is 15.9 Å². The molecule has 0 bridgehead atoms. The van der Waals surface area contributed by atoms with Crippen LogP contribution in [0.2, 0.25) is 5.02 Å². The molecule has 0 saturated heterocycles. The summed E-state index contributed by atoms with van der Waals surface area (Å²) in [7, 11) is 1.59. The molecule has 0 aliphatic rings. The molecule has 94 valence electrons. The van der Waals surface area contributed by atoms with Gasteiger partial charge in [-0.1, -0.05) is 17.7 Å². The number of hydrogen-bond donors (Lipinski definition) is 1. The van der Waals surface area contributed by atoms with E-state index >= 15 is 0 Å². The van der Waals surface area contributed by atoms with Gasteiger partial charge in [0, 0.05) is 25.4 Å². The van der Waals surface area contributed by atoms with Gasteiger partial charge < -0.3 is 4.90 Å². The lowest BCUT2D eigenvalue weighted by atomic mass is 10.2. The molecule has 2 aromatic rings. The standard InChI is InChI=1S/C12H11ClFN3O/c1-17(7-8-5-15-16-6-8)12(18)9-3-2-4-10(13)11(9)14/h2-6H,7H2,1H3,(H,15,16). The fourth-order valence-electron chi connectivity index (χ4n) is 1.58. The zero-order chi connectivity index (χ0) is 13.1. The number of aromatic nitrogens is 2. The van der Waals surface area contributed by atoms with Gasteiger partial charge in [0.25, 0.3) is 5.91 Å². The Bertz CT molecular complexity index is 556. The Labute approximate surface area is 108 Å². The molecule has 1 N–H and O–H groups in total. The van der Waals surface area contributed by atoms with E-state index in [9.17, 15) is 9.18 Å². The highest BCUT2D eigenvalue weighted by molar-refractivity contribution is 6.31. The van der Waals surface area contributed by atoms with Crippen LogP contribution in [0, 0.1) is 5.82 Å². The highest BCUT2D eigenvalue weighted by atomic mass is 35.5. The minimum atomic E-state index is -0.691. The maximum atomic E-state index is 13.7. The molecule has 18 heavy (non-hydrogen) atoms. The average Bonchev–Trinajstić information content (AvgIpc) is 2.84. The van der Waals surface area contributed by atoms with Crippen LogP contribution in [-0.2, 0) is 6.54 Å². The molecule has 1 amide bonds. The molecular formula is C12H11ClFN3O. The molecule has 0 saturated carbocycles. The summed E-state index contributed by atoms with van der Waals surface area (Å²) in [6, 6.07) is 4.36. The van der Waals surface area contributed by atoms with Gasteiger partial charge in [-0.2, -0.15) is 5.10 Å². The van der Waals surface area contributed by atoms with Crippen molar-refractivity contribution in [1.29, 1.82) is 0 Å². The molecule has 0 aliphatic heterocycles. The van der Waals surface area contributed by atoms with Gasteiger partial charge in [-0.25, -0.2) is 4.39 Å². The maximum absolute atomic E-state index is 13.7. The van der Waals surface area contributed by atoms with Crippen LogP contribution in [-0.4, -0.2) is 28.1 Å². The van der Waals surface area contributed by atoms with Gasteiger partial charge in [-0.05, 0) is 12.1 Å². The summed E-state index contributed by atoms with van der Waals surface area (Å²) in [6.07, 6.45) is 3.29. The van der Waals surface area contributed by atoms with Crippen molar-refractivity contribution in [2.24, 2.45) is 0 Å². The van der Waals surface area contributed by atoms with E-state index < -0.39 is 11.7 Å². The van der Waals surface area contributed by atoms with Crippen molar-refractivity contribution in [1.82, 2.24) is 15.1 Å². The molecule has 0 unspecified atom stereocenters. The Hall–Kier alpha value is -1.88. The van der Waals surface area contributed by atoms with Crippen molar-refractivity contribution in [2.45, 2.75) is 6.54 Å². The molecule has 1 aromatic carbocycles. The van der Waals surface area contributed by atoms with E-state index in [0.29, 0.717) is 6.54 Å². The minimum Gasteiger partial charge on any atom is -0.337 e. The fourth-order valence-corrected chi connectivity index (χ4v) is 1.76. The molecule has 0 radical (unpaired) electrons. The van der Waals surface area contributed by atoms with Gasteiger partial charge in [0.1, 0.15) is 0 Å². The molecule has 0 fully saturated rings. The zero-order valence-electron chi connectivity index (χ0n) is 9.65. The van der Waals surface area contributed by atoms with Crippen molar-refractivity contribution in [3.05, 3.63) is 52.6 Å². The highest BCUT2D eigenvalue weighted by Crippen LogP contribution is 2.19. The third-order valence-corrected chi connectivity index (χ3v) is 2.80. The van der Waals surface area contributed by atoms with E-state index in [1.54, 1.807) is 25.5 Å². The Kier molecular flexibility index (Phi) is 3.62. The number of rotatable bonds is 3. The van der Waals surface area contributed by atoms with E-state index in [1.807, 2.05) is 0 Å². The molecule has 0 spiro atoms. The summed E-state index contributed by atoms with van der Waals surface area (Å²) in [5.41, 5.74) is 0.807. The van der Waals surface area contributed by atoms with Crippen LogP contribution in [0.4, 0.5) is 4.39 Å². The number of nitrogens with zero attached hydrogens (tertiary/aromatic N) is 2. The summed E-state index contributed by atoms with van der Waals surface area (Å²) in [5.74, 6) is -1.11. The van der Waals surface area contributed by atoms with Crippen molar-refractivity contribution < 1.29 is 9.18 Å². The summed E-state index contributed by atoms with van der Waals surface area (Å²) < 4.78 is 13.7. The average molecular weight is 268 g/mol. The molecule has 4 nitrogen and oxygen atoms in total. The van der Waals surface area contributed by atoms with Crippen LogP contribution >= 0.6 is 11.6 Å². The van der Waals surface area contributed by atoms with Crippen molar-refractivity contribution in [3.8, 4) is 0 Å². The Morgan fingerprint density at radius 3 is 3.00 bits per heavy atom. The van der Waals surface area contributed by atoms with Gasteiger partial charge in [-0.15, -0.1) is 0 Å². The number of benzene rings is 1. The van der Waals surface area contributed by atoms with E-state index in [1.165, 1.54) is 17.0 Å². The second kappa shape index (κ2) is 5.18. The number of aromatic amines is 1. The van der Waals surface area contributed by atoms with E-state index in [-0.39, 0.29) is 10.6 Å². The first-order chi connectivity index (χ1) is 8.59. The molecule has 6 heteroatoms. The van der Waals surface area contributed by atoms with Gasteiger partial charge in [0.05, 0.1) is 16.8 Å². The minimum absolute atomic E-state index is 0.0338. The van der Waals surface area contributed by atoms with E-state index in [0.717, 1.165) is 5.56 Å². The van der Waals surface area contributed by atoms with E-state index in [4.69, 9.17) is 11.6 Å². The van der Waals surface area contributed by atoms with Crippen LogP contribution < -0.4 is 0 Å². The number of carbonyl (C=O) groups excluding carboxylic acids is 1. The van der Waals surface area contributed by atoms with Crippen LogP contribution in [0.3, 0.4) is 0 Å². The monoisotopic (exact) mass is 267 g/mol. The quantitative estimate of drug-likeness (QED) is 0.929. The Balaban J connectivity index is 2.18. The lowest BCUT2D eigenvalue weighted by molar-refractivity contribution is 0.0780. The first kappa shape index (κ1) is 12.6. The van der Waals surface area contributed by atoms with Crippen molar-refractivity contribution in [3.63, 3.8) is 0 Å². The zero-order valence-corrected chi connectivity index (χ0v) is 10.4. The molecule has 2 rings (SSSR count). The van der Waals surface area contributed by atoms with E-state index in [2.05, 4.69) is 10.2 Å². The molecule has 1 aromatic heterocycles. The number of carbonyl (C=O) groups is 1. The first-order valence-corrected chi connectivity index (χ1v) is 5.64. The molecule has 1 heterocycles. The van der Waals surface area contributed by atoms with Gasteiger partial charge in [0.15, 0.2) is 5.82 Å². The lowest BCUT2D eigenvalue weighted by Crippen LogP contribution is -2.26. The van der Waals surface area contributed by atoms with Gasteiger partial charge >= 0.3 is 0 Å². The predicted octanol–water partition coefficient (Wildman–Crippen LogP) is 2.47. The number of nitrogens with one attached hydrogen (secondary N) is 1. The van der Waals surface area contributed by atoms with Crippen molar-refractivity contribution >= 4 is 17.5 Å². The molecular weight excluding hydrogens is 257 g/mol. The summed E-state index contributed by atoms with van der Waals surface area (Å²) in [5, 5.41) is 6.37. The van der Waals surface area contributed by atoms with Crippen LogP contribution in [0.15, 0.2) is 30.6 Å². The fraction of sp³-hybridized carbons (Fsp3) is 0.167. The van der Waals surface area contributed by atoms with Crippen LogP contribution in [0.5, 0.6) is 0 Å². The molecule has 0 atom stereocenters. The largest absolute Gasteiger partial charge is 0.337 e. The normalized spacial score (nSPS) is 10.4. The van der Waals surface area contributed by atoms with Gasteiger partial charge in [-0.3, -0.25) is 9.89 Å². The third-order valence-electron chi connectivity index (χ3n) is 2.50. The number of hydrogen-bond acceptors (Lipinski definition) is 2. The second-order valence-electron chi connectivity index (χ2n) is 3.87. The summed E-state index contributed by atoms with van der Waals surface area (Å²) in [6.45, 7) is 0.348. The number of amides is 1. The highest BCUT2D eigenvalue weighted by Gasteiger charge is 2.18. The Morgan fingerprint density at radius 2 is 2.33 bits per heavy atom. The van der Waals surface area contributed by atoms with Gasteiger partial charge in [0.2, 0.25) is 0 Å². The first-order valence-electron chi connectivity index (χ1n) is 5.26. The number of halogens is 2. The topological polar surface area (TPSA) is 49.0 Å². The smallest absolute Gasteiger partial charge is 0.256 e. The van der Waals surface area contributed by atoms with Crippen LogP contribution in [0.25, 0.3) is 0 Å². The third kappa shape index (κ3) is 2.51. The number of H-pyrrole nitrogens is 1. The maximum Gasteiger partial charge on any atom is 0.256 e.